The van der Waals surface area contributed by atoms with Gasteiger partial charge in [-0.15, -0.1) is 0 Å². The SMILES string of the molecule is CC(C)OCCN(C)c1cc(Br)ccc1C=O. The van der Waals surface area contributed by atoms with Gasteiger partial charge >= 0.3 is 0 Å². The van der Waals surface area contributed by atoms with E-state index in [0.29, 0.717) is 12.2 Å². The third-order valence-electron chi connectivity index (χ3n) is 2.41. The van der Waals surface area contributed by atoms with Gasteiger partial charge in [-0.2, -0.15) is 0 Å². The second-order valence-electron chi connectivity index (χ2n) is 4.16. The summed E-state index contributed by atoms with van der Waals surface area (Å²) in [4.78, 5) is 13.0. The summed E-state index contributed by atoms with van der Waals surface area (Å²) in [7, 11) is 1.96. The summed E-state index contributed by atoms with van der Waals surface area (Å²) >= 11 is 3.41. The molecule has 17 heavy (non-hydrogen) atoms. The summed E-state index contributed by atoms with van der Waals surface area (Å²) in [6.07, 6.45) is 1.11. The molecule has 0 aliphatic rings. The Morgan fingerprint density at radius 3 is 2.76 bits per heavy atom. The van der Waals surface area contributed by atoms with Gasteiger partial charge < -0.3 is 9.64 Å². The average Bonchev–Trinajstić information content (AvgIpc) is 2.28. The molecular formula is C13H18BrNO2. The third kappa shape index (κ3) is 4.48. The molecule has 0 fully saturated rings. The maximum Gasteiger partial charge on any atom is 0.152 e. The standard InChI is InChI=1S/C13H18BrNO2/c1-10(2)17-7-6-15(3)13-8-12(14)5-4-11(13)9-16/h4-5,8-10H,6-7H2,1-3H3. The molecule has 0 bridgehead atoms. The van der Waals surface area contributed by atoms with E-state index < -0.39 is 0 Å². The van der Waals surface area contributed by atoms with Crippen LogP contribution in [0.5, 0.6) is 0 Å². The van der Waals surface area contributed by atoms with Crippen LogP contribution in [0, 0.1) is 0 Å². The summed E-state index contributed by atoms with van der Waals surface area (Å²) < 4.78 is 6.46. The molecule has 3 nitrogen and oxygen atoms in total. The van der Waals surface area contributed by atoms with Crippen LogP contribution in [0.3, 0.4) is 0 Å². The van der Waals surface area contributed by atoms with Crippen LogP contribution in [0.1, 0.15) is 24.2 Å². The number of rotatable bonds is 6. The van der Waals surface area contributed by atoms with E-state index in [9.17, 15) is 4.79 Å². The molecule has 0 saturated heterocycles. The lowest BCUT2D eigenvalue weighted by molar-refractivity contribution is 0.0845. The molecule has 0 saturated carbocycles. The van der Waals surface area contributed by atoms with Crippen LogP contribution in [0.2, 0.25) is 0 Å². The average molecular weight is 300 g/mol. The number of carbonyl (C=O) groups excluding carboxylic acids is 1. The fourth-order valence-electron chi connectivity index (χ4n) is 1.49. The van der Waals surface area contributed by atoms with Crippen molar-refractivity contribution >= 4 is 27.9 Å². The van der Waals surface area contributed by atoms with Gasteiger partial charge in [-0.05, 0) is 32.0 Å². The van der Waals surface area contributed by atoms with E-state index in [4.69, 9.17) is 4.74 Å². The molecule has 0 aliphatic carbocycles. The monoisotopic (exact) mass is 299 g/mol. The minimum absolute atomic E-state index is 0.233. The first-order valence-electron chi connectivity index (χ1n) is 5.62. The number of halogens is 1. The van der Waals surface area contributed by atoms with Crippen molar-refractivity contribution in [2.24, 2.45) is 0 Å². The van der Waals surface area contributed by atoms with E-state index in [-0.39, 0.29) is 6.10 Å². The van der Waals surface area contributed by atoms with E-state index in [1.54, 1.807) is 0 Å². The molecular weight excluding hydrogens is 282 g/mol. The van der Waals surface area contributed by atoms with Gasteiger partial charge in [0.25, 0.3) is 0 Å². The van der Waals surface area contributed by atoms with Gasteiger partial charge in [0.2, 0.25) is 0 Å². The molecule has 0 aliphatic heterocycles. The van der Waals surface area contributed by atoms with Gasteiger partial charge in [-0.1, -0.05) is 15.9 Å². The number of hydrogen-bond acceptors (Lipinski definition) is 3. The lowest BCUT2D eigenvalue weighted by Gasteiger charge is -2.21. The Labute approximate surface area is 111 Å². The largest absolute Gasteiger partial charge is 0.377 e. The Morgan fingerprint density at radius 1 is 1.47 bits per heavy atom. The molecule has 0 unspecified atom stereocenters. The summed E-state index contributed by atoms with van der Waals surface area (Å²) in [6, 6.07) is 5.62. The van der Waals surface area contributed by atoms with E-state index in [1.165, 1.54) is 0 Å². The number of ether oxygens (including phenoxy) is 1. The molecule has 1 aromatic carbocycles. The van der Waals surface area contributed by atoms with Crippen molar-refractivity contribution in [3.05, 3.63) is 28.2 Å². The quantitative estimate of drug-likeness (QED) is 0.756. The smallest absolute Gasteiger partial charge is 0.152 e. The number of aldehydes is 1. The van der Waals surface area contributed by atoms with Crippen LogP contribution < -0.4 is 4.90 Å². The number of benzene rings is 1. The third-order valence-corrected chi connectivity index (χ3v) is 2.90. The van der Waals surface area contributed by atoms with Crippen LogP contribution in [0.15, 0.2) is 22.7 Å². The predicted octanol–water partition coefficient (Wildman–Crippen LogP) is 3.12. The highest BCUT2D eigenvalue weighted by Crippen LogP contribution is 2.23. The summed E-state index contributed by atoms with van der Waals surface area (Å²) in [5, 5.41) is 0. The Hall–Kier alpha value is -0.870. The lowest BCUT2D eigenvalue weighted by atomic mass is 10.2. The molecule has 0 spiro atoms. The molecule has 0 atom stereocenters. The van der Waals surface area contributed by atoms with E-state index in [2.05, 4.69) is 15.9 Å². The van der Waals surface area contributed by atoms with Gasteiger partial charge in [-0.25, -0.2) is 0 Å². The Kier molecular flexibility index (Phi) is 5.65. The summed E-state index contributed by atoms with van der Waals surface area (Å²) in [5.74, 6) is 0. The minimum Gasteiger partial charge on any atom is -0.377 e. The zero-order chi connectivity index (χ0) is 12.8. The highest BCUT2D eigenvalue weighted by molar-refractivity contribution is 9.10. The highest BCUT2D eigenvalue weighted by Gasteiger charge is 2.07. The second-order valence-corrected chi connectivity index (χ2v) is 5.08. The zero-order valence-corrected chi connectivity index (χ0v) is 12.0. The fraction of sp³-hybridized carbons (Fsp3) is 0.462. The molecule has 0 heterocycles. The van der Waals surface area contributed by atoms with Crippen molar-refractivity contribution in [3.8, 4) is 0 Å². The Morgan fingerprint density at radius 2 is 2.18 bits per heavy atom. The van der Waals surface area contributed by atoms with Crippen LogP contribution in [0.25, 0.3) is 0 Å². The number of hydrogen-bond donors (Lipinski definition) is 0. The van der Waals surface area contributed by atoms with E-state index in [1.807, 2.05) is 44.0 Å². The number of nitrogens with zero attached hydrogens (tertiary/aromatic N) is 1. The maximum atomic E-state index is 11.0. The van der Waals surface area contributed by atoms with Crippen molar-refractivity contribution in [1.29, 1.82) is 0 Å². The van der Waals surface area contributed by atoms with E-state index >= 15 is 0 Å². The number of anilines is 1. The van der Waals surface area contributed by atoms with Crippen LogP contribution in [-0.4, -0.2) is 32.6 Å². The first-order valence-corrected chi connectivity index (χ1v) is 6.41. The second kappa shape index (κ2) is 6.77. The van der Waals surface area contributed by atoms with Crippen molar-refractivity contribution in [2.45, 2.75) is 20.0 Å². The zero-order valence-electron chi connectivity index (χ0n) is 10.4. The van der Waals surface area contributed by atoms with Crippen LogP contribution in [0.4, 0.5) is 5.69 Å². The lowest BCUT2D eigenvalue weighted by Crippen LogP contribution is -2.24. The molecule has 94 valence electrons. The van der Waals surface area contributed by atoms with Gasteiger partial charge in [0.15, 0.2) is 6.29 Å². The van der Waals surface area contributed by atoms with Crippen LogP contribution in [-0.2, 0) is 4.74 Å². The highest BCUT2D eigenvalue weighted by atomic mass is 79.9. The predicted molar refractivity (Wildman–Crippen MR) is 73.9 cm³/mol. The number of likely N-dealkylation sites (N-methyl/N-ethyl adjacent to an activating group) is 1. The van der Waals surface area contributed by atoms with Crippen molar-refractivity contribution in [1.82, 2.24) is 0 Å². The molecule has 0 aromatic heterocycles. The fourth-order valence-corrected chi connectivity index (χ4v) is 1.84. The van der Waals surface area contributed by atoms with Gasteiger partial charge in [0.05, 0.1) is 12.7 Å². The number of carbonyl (C=O) groups is 1. The maximum absolute atomic E-state index is 11.0. The van der Waals surface area contributed by atoms with Crippen molar-refractivity contribution in [2.75, 3.05) is 25.1 Å². The van der Waals surface area contributed by atoms with Crippen molar-refractivity contribution < 1.29 is 9.53 Å². The Bertz CT molecular complexity index is 380. The van der Waals surface area contributed by atoms with Gasteiger partial charge in [0.1, 0.15) is 0 Å². The topological polar surface area (TPSA) is 29.5 Å². The van der Waals surface area contributed by atoms with Crippen LogP contribution >= 0.6 is 15.9 Å². The van der Waals surface area contributed by atoms with Gasteiger partial charge in [0, 0.05) is 29.3 Å². The van der Waals surface area contributed by atoms with Gasteiger partial charge in [-0.3, -0.25) is 4.79 Å². The molecule has 0 N–H and O–H groups in total. The molecule has 1 aromatic rings. The van der Waals surface area contributed by atoms with Crippen molar-refractivity contribution in [3.63, 3.8) is 0 Å². The summed E-state index contributed by atoms with van der Waals surface area (Å²) in [6.45, 7) is 5.43. The molecule has 0 amide bonds. The molecule has 0 radical (unpaired) electrons. The first-order chi connectivity index (χ1) is 8.04. The first kappa shape index (κ1) is 14.2. The minimum atomic E-state index is 0.233. The molecule has 1 rings (SSSR count). The molecule has 4 heteroatoms. The summed E-state index contributed by atoms with van der Waals surface area (Å²) in [5.41, 5.74) is 1.61. The van der Waals surface area contributed by atoms with E-state index in [0.717, 1.165) is 23.0 Å². The Balaban J connectivity index is 2.70. The normalized spacial score (nSPS) is 10.6.